The average Bonchev–Trinajstić information content (AvgIpc) is 2.26. The van der Waals surface area contributed by atoms with E-state index in [1.165, 1.54) is 19.1 Å². The summed E-state index contributed by atoms with van der Waals surface area (Å²) in [5, 5.41) is 2.71. The van der Waals surface area contributed by atoms with Crippen molar-refractivity contribution in [2.45, 2.75) is 44.2 Å². The van der Waals surface area contributed by atoms with E-state index in [0.29, 0.717) is 5.69 Å². The minimum atomic E-state index is -3.77. The number of nitrogens with two attached hydrogens (primary N) is 1. The smallest absolute Gasteiger partial charge is 0.241 e. The van der Waals surface area contributed by atoms with E-state index in [2.05, 4.69) is 10.0 Å². The molecule has 0 aromatic heterocycles. The SMILES string of the molecule is CC(NS(=O)(=O)c1cccc(N)c1)C(=O)NC(C)(C)C. The Kier molecular flexibility index (Phi) is 4.77. The number of anilines is 1. The van der Waals surface area contributed by atoms with Crippen LogP contribution in [0.4, 0.5) is 5.69 Å². The summed E-state index contributed by atoms with van der Waals surface area (Å²) in [6.07, 6.45) is 0. The number of carbonyl (C=O) groups excluding carboxylic acids is 1. The molecule has 20 heavy (non-hydrogen) atoms. The number of nitrogens with one attached hydrogen (secondary N) is 2. The number of amides is 1. The van der Waals surface area contributed by atoms with Crippen molar-refractivity contribution in [2.75, 3.05) is 5.73 Å². The first-order valence-electron chi connectivity index (χ1n) is 6.21. The van der Waals surface area contributed by atoms with E-state index in [0.717, 1.165) is 0 Å². The lowest BCUT2D eigenvalue weighted by Crippen LogP contribution is -2.50. The fourth-order valence-electron chi connectivity index (χ4n) is 1.51. The van der Waals surface area contributed by atoms with E-state index in [1.807, 2.05) is 20.8 Å². The molecule has 0 aliphatic heterocycles. The Balaban J connectivity index is 2.84. The third-order valence-corrected chi connectivity index (χ3v) is 3.93. The van der Waals surface area contributed by atoms with Crippen LogP contribution in [0.2, 0.25) is 0 Å². The van der Waals surface area contributed by atoms with Crippen LogP contribution < -0.4 is 15.8 Å². The standard InChI is InChI=1S/C13H21N3O3S/c1-9(12(17)15-13(2,3)4)16-20(18,19)11-7-5-6-10(14)8-11/h5-9,16H,14H2,1-4H3,(H,15,17). The first kappa shape index (κ1) is 16.5. The molecule has 1 amide bonds. The topological polar surface area (TPSA) is 101 Å². The van der Waals surface area contributed by atoms with E-state index >= 15 is 0 Å². The van der Waals surface area contributed by atoms with Crippen molar-refractivity contribution in [2.24, 2.45) is 0 Å². The number of hydrogen-bond donors (Lipinski definition) is 3. The number of nitrogen functional groups attached to an aromatic ring is 1. The van der Waals surface area contributed by atoms with Gasteiger partial charge in [0.25, 0.3) is 0 Å². The van der Waals surface area contributed by atoms with Gasteiger partial charge in [-0.2, -0.15) is 4.72 Å². The Bertz CT molecular complexity index is 591. The molecule has 0 saturated heterocycles. The Morgan fingerprint density at radius 2 is 1.90 bits per heavy atom. The highest BCUT2D eigenvalue weighted by Gasteiger charge is 2.24. The molecular weight excluding hydrogens is 278 g/mol. The molecule has 1 rings (SSSR count). The Morgan fingerprint density at radius 3 is 2.40 bits per heavy atom. The summed E-state index contributed by atoms with van der Waals surface area (Å²) in [5.74, 6) is -0.384. The van der Waals surface area contributed by atoms with Crippen LogP contribution in [0.15, 0.2) is 29.2 Å². The quantitative estimate of drug-likeness (QED) is 0.717. The Hall–Kier alpha value is -1.60. The minimum absolute atomic E-state index is 0.0351. The Morgan fingerprint density at radius 1 is 1.30 bits per heavy atom. The van der Waals surface area contributed by atoms with E-state index < -0.39 is 21.6 Å². The highest BCUT2D eigenvalue weighted by atomic mass is 32.2. The molecule has 0 spiro atoms. The molecule has 6 nitrogen and oxygen atoms in total. The number of benzene rings is 1. The predicted molar refractivity (Wildman–Crippen MR) is 78.5 cm³/mol. The summed E-state index contributed by atoms with van der Waals surface area (Å²) in [6.45, 7) is 6.96. The highest BCUT2D eigenvalue weighted by molar-refractivity contribution is 7.89. The minimum Gasteiger partial charge on any atom is -0.399 e. The molecule has 7 heteroatoms. The van der Waals surface area contributed by atoms with Gasteiger partial charge in [0.2, 0.25) is 15.9 Å². The maximum Gasteiger partial charge on any atom is 0.241 e. The Labute approximate surface area is 119 Å². The molecule has 0 aliphatic rings. The molecule has 1 aromatic rings. The molecule has 1 unspecified atom stereocenters. The molecule has 4 N–H and O–H groups in total. The van der Waals surface area contributed by atoms with Crippen LogP contribution >= 0.6 is 0 Å². The summed E-state index contributed by atoms with van der Waals surface area (Å²) in [4.78, 5) is 11.9. The van der Waals surface area contributed by atoms with Crippen molar-refractivity contribution in [3.05, 3.63) is 24.3 Å². The highest BCUT2D eigenvalue weighted by Crippen LogP contribution is 2.13. The molecule has 112 valence electrons. The van der Waals surface area contributed by atoms with Crippen LogP contribution in [0.5, 0.6) is 0 Å². The molecule has 0 bridgehead atoms. The van der Waals surface area contributed by atoms with Crippen LogP contribution in [-0.4, -0.2) is 25.9 Å². The monoisotopic (exact) mass is 299 g/mol. The summed E-state index contributed by atoms with van der Waals surface area (Å²) < 4.78 is 26.6. The molecule has 0 radical (unpaired) electrons. The van der Waals surface area contributed by atoms with Crippen LogP contribution in [0.25, 0.3) is 0 Å². The second-order valence-electron chi connectivity index (χ2n) is 5.65. The van der Waals surface area contributed by atoms with Gasteiger partial charge in [0.15, 0.2) is 0 Å². The fourth-order valence-corrected chi connectivity index (χ4v) is 2.77. The summed E-state index contributed by atoms with van der Waals surface area (Å²) >= 11 is 0. The lowest BCUT2D eigenvalue weighted by molar-refractivity contribution is -0.123. The van der Waals surface area contributed by atoms with Crippen molar-refractivity contribution >= 4 is 21.6 Å². The van der Waals surface area contributed by atoms with Gasteiger partial charge in [-0.25, -0.2) is 8.42 Å². The van der Waals surface area contributed by atoms with Crippen molar-refractivity contribution in [1.29, 1.82) is 0 Å². The molecule has 0 heterocycles. The van der Waals surface area contributed by atoms with Gasteiger partial charge >= 0.3 is 0 Å². The first-order valence-corrected chi connectivity index (χ1v) is 7.69. The van der Waals surface area contributed by atoms with Crippen molar-refractivity contribution in [3.63, 3.8) is 0 Å². The number of hydrogen-bond acceptors (Lipinski definition) is 4. The largest absolute Gasteiger partial charge is 0.399 e. The van der Waals surface area contributed by atoms with Gasteiger partial charge in [-0.05, 0) is 45.9 Å². The molecule has 0 fully saturated rings. The molecule has 1 atom stereocenters. The van der Waals surface area contributed by atoms with Crippen LogP contribution in [0.3, 0.4) is 0 Å². The number of carbonyl (C=O) groups is 1. The van der Waals surface area contributed by atoms with Gasteiger partial charge in [0, 0.05) is 11.2 Å². The maximum atomic E-state index is 12.1. The molecule has 0 saturated carbocycles. The number of sulfonamides is 1. The molecule has 1 aromatic carbocycles. The van der Waals surface area contributed by atoms with Crippen LogP contribution in [0.1, 0.15) is 27.7 Å². The van der Waals surface area contributed by atoms with Crippen LogP contribution in [-0.2, 0) is 14.8 Å². The first-order chi connectivity index (χ1) is 9.01. The normalized spacial score (nSPS) is 13.8. The summed E-state index contributed by atoms with van der Waals surface area (Å²) in [6, 6.07) is 5.03. The lowest BCUT2D eigenvalue weighted by Gasteiger charge is -2.23. The third-order valence-electron chi connectivity index (χ3n) is 2.39. The summed E-state index contributed by atoms with van der Waals surface area (Å²) in [7, 11) is -3.77. The van der Waals surface area contributed by atoms with Gasteiger partial charge in [0.05, 0.1) is 10.9 Å². The molecular formula is C13H21N3O3S. The zero-order valence-electron chi connectivity index (χ0n) is 12.1. The zero-order chi connectivity index (χ0) is 15.6. The van der Waals surface area contributed by atoms with Gasteiger partial charge < -0.3 is 11.1 Å². The van der Waals surface area contributed by atoms with E-state index in [1.54, 1.807) is 12.1 Å². The van der Waals surface area contributed by atoms with E-state index in [-0.39, 0.29) is 10.8 Å². The second-order valence-corrected chi connectivity index (χ2v) is 7.37. The van der Waals surface area contributed by atoms with Crippen molar-refractivity contribution < 1.29 is 13.2 Å². The van der Waals surface area contributed by atoms with Crippen molar-refractivity contribution in [1.82, 2.24) is 10.0 Å². The van der Waals surface area contributed by atoms with Crippen LogP contribution in [0, 0.1) is 0 Å². The van der Waals surface area contributed by atoms with Gasteiger partial charge in [-0.1, -0.05) is 6.07 Å². The summed E-state index contributed by atoms with van der Waals surface area (Å²) in [5.41, 5.74) is 5.48. The molecule has 0 aliphatic carbocycles. The third kappa shape index (κ3) is 4.82. The predicted octanol–water partition coefficient (Wildman–Crippen LogP) is 0.850. The van der Waals surface area contributed by atoms with Gasteiger partial charge in [-0.15, -0.1) is 0 Å². The lowest BCUT2D eigenvalue weighted by atomic mass is 10.1. The average molecular weight is 299 g/mol. The van der Waals surface area contributed by atoms with Gasteiger partial charge in [-0.3, -0.25) is 4.79 Å². The number of rotatable bonds is 4. The van der Waals surface area contributed by atoms with Crippen molar-refractivity contribution in [3.8, 4) is 0 Å². The van der Waals surface area contributed by atoms with E-state index in [9.17, 15) is 13.2 Å². The second kappa shape index (κ2) is 5.80. The maximum absolute atomic E-state index is 12.1. The fraction of sp³-hybridized carbons (Fsp3) is 0.462. The van der Waals surface area contributed by atoms with Gasteiger partial charge in [0.1, 0.15) is 0 Å². The zero-order valence-corrected chi connectivity index (χ0v) is 12.9. The van der Waals surface area contributed by atoms with E-state index in [4.69, 9.17) is 5.73 Å².